The van der Waals surface area contributed by atoms with Crippen LogP contribution in [0.2, 0.25) is 0 Å². The zero-order chi connectivity index (χ0) is 11.1. The summed E-state index contributed by atoms with van der Waals surface area (Å²) in [5, 5.41) is 15.9. The molecular formula is C10H22N2O3. The lowest BCUT2D eigenvalue weighted by atomic mass is 10.2. The molecule has 90 valence electrons. The van der Waals surface area contributed by atoms with Crippen LogP contribution in [-0.2, 0) is 9.47 Å². The van der Waals surface area contributed by atoms with Crippen LogP contribution in [0.4, 0.5) is 0 Å². The molecule has 1 rings (SSSR count). The number of nitrogens with one attached hydrogen (secondary N) is 2. The molecule has 1 aliphatic rings. The highest BCUT2D eigenvalue weighted by Crippen LogP contribution is 2.00. The van der Waals surface area contributed by atoms with Crippen molar-refractivity contribution in [3.05, 3.63) is 0 Å². The quantitative estimate of drug-likeness (QED) is 0.494. The van der Waals surface area contributed by atoms with Crippen LogP contribution in [-0.4, -0.2) is 56.4 Å². The molecule has 5 nitrogen and oxygen atoms in total. The Morgan fingerprint density at radius 2 is 2.00 bits per heavy atom. The zero-order valence-corrected chi connectivity index (χ0v) is 9.53. The molecule has 2 atom stereocenters. The minimum atomic E-state index is -0.311. The van der Waals surface area contributed by atoms with Crippen LogP contribution in [0.5, 0.6) is 0 Å². The maximum atomic E-state index is 9.55. The van der Waals surface area contributed by atoms with Gasteiger partial charge in [0.2, 0.25) is 0 Å². The molecule has 1 aliphatic heterocycles. The van der Waals surface area contributed by atoms with E-state index in [-0.39, 0.29) is 18.4 Å². The van der Waals surface area contributed by atoms with Gasteiger partial charge < -0.3 is 25.2 Å². The average molecular weight is 218 g/mol. The number of hydrogen-bond acceptors (Lipinski definition) is 5. The lowest BCUT2D eigenvalue weighted by Gasteiger charge is -2.21. The third kappa shape index (κ3) is 4.44. The maximum Gasteiger partial charge on any atom is 0.169 e. The second-order valence-corrected chi connectivity index (χ2v) is 3.58. The molecule has 0 aromatic carbocycles. The minimum absolute atomic E-state index is 0.105. The van der Waals surface area contributed by atoms with Crippen molar-refractivity contribution < 1.29 is 14.6 Å². The van der Waals surface area contributed by atoms with Crippen LogP contribution in [0.1, 0.15) is 13.8 Å². The van der Waals surface area contributed by atoms with E-state index < -0.39 is 0 Å². The van der Waals surface area contributed by atoms with Crippen LogP contribution < -0.4 is 10.6 Å². The van der Waals surface area contributed by atoms with Crippen molar-refractivity contribution in [1.29, 1.82) is 0 Å². The van der Waals surface area contributed by atoms with Crippen molar-refractivity contribution in [3.8, 4) is 0 Å². The summed E-state index contributed by atoms with van der Waals surface area (Å²) in [6.07, 6.45) is -0.526. The van der Waals surface area contributed by atoms with E-state index in [4.69, 9.17) is 9.47 Å². The van der Waals surface area contributed by atoms with Crippen LogP contribution in [0.15, 0.2) is 0 Å². The van der Waals surface area contributed by atoms with Crippen LogP contribution in [0.3, 0.4) is 0 Å². The fourth-order valence-electron chi connectivity index (χ4n) is 1.66. The Balaban J connectivity index is 2.19. The second kappa shape index (κ2) is 7.14. The highest BCUT2D eigenvalue weighted by molar-refractivity contribution is 4.86. The molecule has 1 fully saturated rings. The van der Waals surface area contributed by atoms with E-state index in [1.165, 1.54) is 0 Å². The number of aliphatic hydroxyl groups is 1. The van der Waals surface area contributed by atoms with Crippen molar-refractivity contribution in [2.24, 2.45) is 0 Å². The maximum absolute atomic E-state index is 9.55. The molecule has 1 saturated heterocycles. The molecule has 0 amide bonds. The summed E-state index contributed by atoms with van der Waals surface area (Å²) in [5.74, 6) is 0. The number of ether oxygens (including phenoxy) is 2. The van der Waals surface area contributed by atoms with Gasteiger partial charge in [0.25, 0.3) is 0 Å². The molecule has 1 heterocycles. The number of aliphatic hydroxyl groups excluding tert-OH is 1. The summed E-state index contributed by atoms with van der Waals surface area (Å²) in [5.41, 5.74) is 0. The van der Waals surface area contributed by atoms with E-state index in [1.807, 2.05) is 13.8 Å². The first-order valence-corrected chi connectivity index (χ1v) is 5.63. The van der Waals surface area contributed by atoms with Crippen molar-refractivity contribution in [2.75, 3.05) is 32.8 Å². The Labute approximate surface area is 91.1 Å². The molecule has 0 aromatic rings. The molecule has 0 radical (unpaired) electrons. The lowest BCUT2D eigenvalue weighted by Crippen LogP contribution is -2.44. The highest BCUT2D eigenvalue weighted by atomic mass is 16.7. The van der Waals surface area contributed by atoms with Crippen molar-refractivity contribution in [1.82, 2.24) is 10.6 Å². The van der Waals surface area contributed by atoms with Gasteiger partial charge >= 0.3 is 0 Å². The van der Waals surface area contributed by atoms with Gasteiger partial charge in [-0.25, -0.2) is 0 Å². The molecule has 0 spiro atoms. The largest absolute Gasteiger partial charge is 0.390 e. The van der Waals surface area contributed by atoms with Gasteiger partial charge in [-0.05, 0) is 13.8 Å². The van der Waals surface area contributed by atoms with E-state index in [1.54, 1.807) is 0 Å². The first kappa shape index (κ1) is 12.9. The predicted octanol–water partition coefficient (Wildman–Crippen LogP) is -0.692. The standard InChI is InChI=1S/C10H22N2O3/c1-3-14-10(15-4-2)7-12-8-5-11-6-9(8)13/h8-13H,3-7H2,1-2H3/t8-,9-/m1/s1. The van der Waals surface area contributed by atoms with E-state index in [2.05, 4.69) is 10.6 Å². The number of rotatable bonds is 7. The van der Waals surface area contributed by atoms with Crippen LogP contribution in [0.25, 0.3) is 0 Å². The molecule has 0 aromatic heterocycles. The summed E-state index contributed by atoms with van der Waals surface area (Å²) >= 11 is 0. The molecule has 5 heteroatoms. The first-order chi connectivity index (χ1) is 7.27. The summed E-state index contributed by atoms with van der Waals surface area (Å²) in [7, 11) is 0. The molecule has 0 aliphatic carbocycles. The molecule has 0 saturated carbocycles. The Morgan fingerprint density at radius 3 is 2.47 bits per heavy atom. The van der Waals surface area contributed by atoms with E-state index in [0.29, 0.717) is 26.3 Å². The van der Waals surface area contributed by atoms with E-state index in [9.17, 15) is 5.11 Å². The normalized spacial score (nSPS) is 26.4. The summed E-state index contributed by atoms with van der Waals surface area (Å²) < 4.78 is 10.8. The van der Waals surface area contributed by atoms with Gasteiger partial charge in [0, 0.05) is 38.9 Å². The Kier molecular flexibility index (Phi) is 6.12. The summed E-state index contributed by atoms with van der Waals surface area (Å²) in [6.45, 7) is 7.23. The molecular weight excluding hydrogens is 196 g/mol. The average Bonchev–Trinajstić information content (AvgIpc) is 2.61. The van der Waals surface area contributed by atoms with E-state index in [0.717, 1.165) is 6.54 Å². The number of β-amino-alcohol motifs (C(OH)–C–C–N with tert-alkyl or cyclic N) is 1. The Bertz CT molecular complexity index is 163. The summed E-state index contributed by atoms with van der Waals surface area (Å²) in [4.78, 5) is 0. The van der Waals surface area contributed by atoms with Gasteiger partial charge in [-0.2, -0.15) is 0 Å². The molecule has 0 bridgehead atoms. The lowest BCUT2D eigenvalue weighted by molar-refractivity contribution is -0.134. The zero-order valence-electron chi connectivity index (χ0n) is 9.53. The van der Waals surface area contributed by atoms with Crippen LogP contribution >= 0.6 is 0 Å². The third-order valence-electron chi connectivity index (χ3n) is 2.43. The molecule has 15 heavy (non-hydrogen) atoms. The summed E-state index contributed by atoms with van der Waals surface area (Å²) in [6, 6.07) is 0.105. The van der Waals surface area contributed by atoms with Crippen molar-refractivity contribution >= 4 is 0 Å². The van der Waals surface area contributed by atoms with Gasteiger partial charge in [-0.15, -0.1) is 0 Å². The topological polar surface area (TPSA) is 62.8 Å². The molecule has 0 unspecified atom stereocenters. The Hall–Kier alpha value is -0.200. The van der Waals surface area contributed by atoms with Gasteiger partial charge in [-0.1, -0.05) is 0 Å². The highest BCUT2D eigenvalue weighted by Gasteiger charge is 2.25. The first-order valence-electron chi connectivity index (χ1n) is 5.63. The minimum Gasteiger partial charge on any atom is -0.390 e. The van der Waals surface area contributed by atoms with Crippen molar-refractivity contribution in [3.63, 3.8) is 0 Å². The molecule has 3 N–H and O–H groups in total. The predicted molar refractivity (Wildman–Crippen MR) is 57.7 cm³/mol. The van der Waals surface area contributed by atoms with Gasteiger partial charge in [-0.3, -0.25) is 0 Å². The Morgan fingerprint density at radius 1 is 1.33 bits per heavy atom. The van der Waals surface area contributed by atoms with E-state index >= 15 is 0 Å². The smallest absolute Gasteiger partial charge is 0.169 e. The van der Waals surface area contributed by atoms with Gasteiger partial charge in [0.05, 0.1) is 6.10 Å². The van der Waals surface area contributed by atoms with Crippen LogP contribution in [0, 0.1) is 0 Å². The third-order valence-corrected chi connectivity index (χ3v) is 2.43. The van der Waals surface area contributed by atoms with Gasteiger partial charge in [0.15, 0.2) is 6.29 Å². The van der Waals surface area contributed by atoms with Gasteiger partial charge in [0.1, 0.15) is 0 Å². The SMILES string of the molecule is CCOC(CN[C@@H]1CNC[C@H]1O)OCC. The fraction of sp³-hybridized carbons (Fsp3) is 1.00. The number of hydrogen-bond donors (Lipinski definition) is 3. The fourth-order valence-corrected chi connectivity index (χ4v) is 1.66. The monoisotopic (exact) mass is 218 g/mol. The van der Waals surface area contributed by atoms with Crippen molar-refractivity contribution in [2.45, 2.75) is 32.3 Å². The second-order valence-electron chi connectivity index (χ2n) is 3.58.